The molecule has 1 aromatic carbocycles. The van der Waals surface area contributed by atoms with E-state index in [2.05, 4.69) is 50.3 Å². The summed E-state index contributed by atoms with van der Waals surface area (Å²) in [6, 6.07) is 8.71. The van der Waals surface area contributed by atoms with Gasteiger partial charge in [-0.25, -0.2) is 0 Å². The highest BCUT2D eigenvalue weighted by Crippen LogP contribution is 2.32. The molecule has 0 saturated heterocycles. The quantitative estimate of drug-likeness (QED) is 0.668. The van der Waals surface area contributed by atoms with Gasteiger partial charge < -0.3 is 0 Å². The number of hydrogen-bond acceptors (Lipinski definition) is 0. The first-order chi connectivity index (χ1) is 7.83. The first kappa shape index (κ1) is 11.2. The van der Waals surface area contributed by atoms with E-state index in [4.69, 9.17) is 0 Å². The Morgan fingerprint density at radius 2 is 1.81 bits per heavy atom. The third-order valence-electron chi connectivity index (χ3n) is 3.21. The molecule has 1 aromatic rings. The zero-order valence-corrected chi connectivity index (χ0v) is 10.3. The first-order valence-electron chi connectivity index (χ1n) is 6.28. The van der Waals surface area contributed by atoms with Gasteiger partial charge >= 0.3 is 0 Å². The Balaban J connectivity index is 2.36. The van der Waals surface area contributed by atoms with Crippen LogP contribution in [0.25, 0.3) is 5.57 Å². The van der Waals surface area contributed by atoms with Crippen molar-refractivity contribution in [1.29, 1.82) is 0 Å². The SMILES string of the molecule is CCCC1=CCCC=C1c1ccccc1C. The molecule has 0 atom stereocenters. The van der Waals surface area contributed by atoms with E-state index in [0.717, 1.165) is 0 Å². The van der Waals surface area contributed by atoms with E-state index >= 15 is 0 Å². The number of hydrogen-bond donors (Lipinski definition) is 0. The Labute approximate surface area is 98.7 Å². The fourth-order valence-electron chi connectivity index (χ4n) is 2.39. The predicted octanol–water partition coefficient (Wildman–Crippen LogP) is 4.90. The monoisotopic (exact) mass is 212 g/mol. The summed E-state index contributed by atoms with van der Waals surface area (Å²) in [5.41, 5.74) is 5.83. The van der Waals surface area contributed by atoms with Gasteiger partial charge in [-0.15, -0.1) is 0 Å². The molecule has 0 N–H and O–H groups in total. The van der Waals surface area contributed by atoms with Crippen molar-refractivity contribution < 1.29 is 0 Å². The average Bonchev–Trinajstić information content (AvgIpc) is 2.31. The van der Waals surface area contributed by atoms with Gasteiger partial charge in [-0.3, -0.25) is 0 Å². The average molecular weight is 212 g/mol. The summed E-state index contributed by atoms with van der Waals surface area (Å²) in [4.78, 5) is 0. The van der Waals surface area contributed by atoms with Gasteiger partial charge in [0.2, 0.25) is 0 Å². The summed E-state index contributed by atoms with van der Waals surface area (Å²) in [5, 5.41) is 0. The molecule has 0 aliphatic heterocycles. The van der Waals surface area contributed by atoms with Crippen LogP contribution < -0.4 is 0 Å². The highest BCUT2D eigenvalue weighted by molar-refractivity contribution is 5.81. The summed E-state index contributed by atoms with van der Waals surface area (Å²) in [7, 11) is 0. The lowest BCUT2D eigenvalue weighted by Crippen LogP contribution is -1.97. The van der Waals surface area contributed by atoms with Gasteiger partial charge in [-0.1, -0.05) is 49.8 Å². The first-order valence-corrected chi connectivity index (χ1v) is 6.28. The molecule has 1 aliphatic carbocycles. The third kappa shape index (κ3) is 2.27. The fourth-order valence-corrected chi connectivity index (χ4v) is 2.39. The molecule has 2 rings (SSSR count). The van der Waals surface area contributed by atoms with Crippen molar-refractivity contribution in [3.05, 3.63) is 53.1 Å². The van der Waals surface area contributed by atoms with Gasteiger partial charge in [0.25, 0.3) is 0 Å². The lowest BCUT2D eigenvalue weighted by molar-refractivity contribution is 0.900. The maximum atomic E-state index is 2.42. The van der Waals surface area contributed by atoms with Crippen molar-refractivity contribution in [3.63, 3.8) is 0 Å². The maximum Gasteiger partial charge on any atom is -0.0155 e. The highest BCUT2D eigenvalue weighted by Gasteiger charge is 2.11. The highest BCUT2D eigenvalue weighted by atomic mass is 14.2. The van der Waals surface area contributed by atoms with Crippen molar-refractivity contribution >= 4 is 5.57 Å². The molecule has 0 amide bonds. The van der Waals surface area contributed by atoms with Gasteiger partial charge in [0, 0.05) is 0 Å². The summed E-state index contributed by atoms with van der Waals surface area (Å²) in [6.07, 6.45) is 9.68. The van der Waals surface area contributed by atoms with Crippen LogP contribution in [0.1, 0.15) is 43.7 Å². The Morgan fingerprint density at radius 1 is 1.06 bits per heavy atom. The maximum absolute atomic E-state index is 2.42. The van der Waals surface area contributed by atoms with Gasteiger partial charge in [-0.2, -0.15) is 0 Å². The molecule has 0 spiro atoms. The minimum Gasteiger partial charge on any atom is -0.0804 e. The molecule has 0 nitrogen and oxygen atoms in total. The minimum atomic E-state index is 1.19. The second-order valence-electron chi connectivity index (χ2n) is 4.49. The molecule has 1 aliphatic rings. The minimum absolute atomic E-state index is 1.19. The van der Waals surface area contributed by atoms with Crippen LogP contribution in [0.2, 0.25) is 0 Å². The van der Waals surface area contributed by atoms with Crippen LogP contribution in [0.15, 0.2) is 42.0 Å². The van der Waals surface area contributed by atoms with Crippen molar-refractivity contribution in [3.8, 4) is 0 Å². The Kier molecular flexibility index (Phi) is 3.61. The van der Waals surface area contributed by atoms with Gasteiger partial charge in [0.15, 0.2) is 0 Å². The molecule has 0 aromatic heterocycles. The van der Waals surface area contributed by atoms with E-state index in [-0.39, 0.29) is 0 Å². The molecule has 0 bridgehead atoms. The number of rotatable bonds is 3. The Hall–Kier alpha value is -1.30. The van der Waals surface area contributed by atoms with Crippen molar-refractivity contribution in [2.45, 2.75) is 39.5 Å². The van der Waals surface area contributed by atoms with E-state index in [1.54, 1.807) is 5.57 Å². The topological polar surface area (TPSA) is 0 Å². The molecule has 0 saturated carbocycles. The second kappa shape index (κ2) is 5.16. The van der Waals surface area contributed by atoms with Crippen molar-refractivity contribution in [2.24, 2.45) is 0 Å². The van der Waals surface area contributed by atoms with E-state index < -0.39 is 0 Å². The van der Waals surface area contributed by atoms with Gasteiger partial charge in [-0.05, 0) is 48.5 Å². The molecule has 0 radical (unpaired) electrons. The largest absolute Gasteiger partial charge is 0.0804 e. The lowest BCUT2D eigenvalue weighted by Gasteiger charge is -2.18. The molecular formula is C16H20. The van der Waals surface area contributed by atoms with Crippen LogP contribution >= 0.6 is 0 Å². The zero-order chi connectivity index (χ0) is 11.4. The molecule has 0 heteroatoms. The molecule has 16 heavy (non-hydrogen) atoms. The normalized spacial score (nSPS) is 15.6. The van der Waals surface area contributed by atoms with E-state index in [0.29, 0.717) is 0 Å². The summed E-state index contributed by atoms with van der Waals surface area (Å²) < 4.78 is 0. The van der Waals surface area contributed by atoms with Crippen LogP contribution in [-0.2, 0) is 0 Å². The zero-order valence-electron chi connectivity index (χ0n) is 10.3. The Morgan fingerprint density at radius 3 is 2.56 bits per heavy atom. The number of aryl methyl sites for hydroxylation is 1. The van der Waals surface area contributed by atoms with Crippen LogP contribution in [0.4, 0.5) is 0 Å². The van der Waals surface area contributed by atoms with E-state index in [9.17, 15) is 0 Å². The third-order valence-corrected chi connectivity index (χ3v) is 3.21. The fraction of sp³-hybridized carbons (Fsp3) is 0.375. The van der Waals surface area contributed by atoms with Gasteiger partial charge in [0.05, 0.1) is 0 Å². The lowest BCUT2D eigenvalue weighted by atomic mass is 9.87. The summed E-state index contributed by atoms with van der Waals surface area (Å²) in [5.74, 6) is 0. The number of allylic oxidation sites excluding steroid dienone is 4. The molecular weight excluding hydrogens is 192 g/mol. The second-order valence-corrected chi connectivity index (χ2v) is 4.49. The Bertz CT molecular complexity index is 421. The van der Waals surface area contributed by atoms with Gasteiger partial charge in [0.1, 0.15) is 0 Å². The molecule has 0 unspecified atom stereocenters. The summed E-state index contributed by atoms with van der Waals surface area (Å²) in [6.45, 7) is 4.46. The molecule has 84 valence electrons. The smallest absolute Gasteiger partial charge is 0.0155 e. The van der Waals surface area contributed by atoms with E-state index in [1.165, 1.54) is 42.4 Å². The number of benzene rings is 1. The predicted molar refractivity (Wildman–Crippen MR) is 71.4 cm³/mol. The van der Waals surface area contributed by atoms with Crippen LogP contribution in [-0.4, -0.2) is 0 Å². The van der Waals surface area contributed by atoms with Crippen molar-refractivity contribution in [1.82, 2.24) is 0 Å². The van der Waals surface area contributed by atoms with Crippen LogP contribution in [0.3, 0.4) is 0 Å². The van der Waals surface area contributed by atoms with Crippen molar-refractivity contribution in [2.75, 3.05) is 0 Å². The standard InChI is InChI=1S/C16H20/c1-3-8-14-10-5-7-12-16(14)15-11-6-4-9-13(15)2/h4,6,9-12H,3,5,7-8H2,1-2H3. The van der Waals surface area contributed by atoms with Crippen LogP contribution in [0.5, 0.6) is 0 Å². The van der Waals surface area contributed by atoms with Crippen LogP contribution in [0, 0.1) is 6.92 Å². The summed E-state index contributed by atoms with van der Waals surface area (Å²) >= 11 is 0. The molecule has 0 heterocycles. The van der Waals surface area contributed by atoms with E-state index in [1.807, 2.05) is 0 Å². The molecule has 0 fully saturated rings.